The molecule has 100 valence electrons. The van der Waals surface area contributed by atoms with Gasteiger partial charge in [-0.1, -0.05) is 24.3 Å². The standard InChI is InChI=1S/C15H18N2O2/c1-5-8-12-9-6-7-10-13(12)17(11-16)14(18)19-15(2,3)4/h5-7,9-10H,1,8H2,2-4H3. The Hall–Kier alpha value is -2.28. The molecule has 19 heavy (non-hydrogen) atoms. The first kappa shape index (κ1) is 14.8. The number of amides is 1. The summed E-state index contributed by atoms with van der Waals surface area (Å²) in [5.41, 5.74) is 0.739. The third-order valence-electron chi connectivity index (χ3n) is 2.27. The molecule has 0 aliphatic rings. The fourth-order valence-corrected chi connectivity index (χ4v) is 1.56. The first-order valence-electron chi connectivity index (χ1n) is 6.00. The molecule has 0 saturated carbocycles. The molecule has 0 aliphatic heterocycles. The summed E-state index contributed by atoms with van der Waals surface area (Å²) in [7, 11) is 0. The van der Waals surface area contributed by atoms with Crippen molar-refractivity contribution in [3.63, 3.8) is 0 Å². The van der Waals surface area contributed by atoms with Gasteiger partial charge in [-0.15, -0.1) is 6.58 Å². The fourth-order valence-electron chi connectivity index (χ4n) is 1.56. The van der Waals surface area contributed by atoms with Crippen molar-refractivity contribution in [2.24, 2.45) is 0 Å². The highest BCUT2D eigenvalue weighted by Gasteiger charge is 2.24. The molecule has 1 aromatic carbocycles. The quantitative estimate of drug-likeness (QED) is 0.472. The molecule has 0 saturated heterocycles. The first-order chi connectivity index (χ1) is 8.89. The smallest absolute Gasteiger partial charge is 0.428 e. The van der Waals surface area contributed by atoms with Gasteiger partial charge in [0, 0.05) is 0 Å². The summed E-state index contributed by atoms with van der Waals surface area (Å²) in [6.45, 7) is 8.95. The maximum absolute atomic E-state index is 12.0. The Bertz CT molecular complexity index is 510. The number of rotatable bonds is 3. The second kappa shape index (κ2) is 6.05. The van der Waals surface area contributed by atoms with Crippen LogP contribution in [0.3, 0.4) is 0 Å². The number of anilines is 1. The number of ether oxygens (including phenoxy) is 1. The Balaban J connectivity index is 3.07. The van der Waals surface area contributed by atoms with E-state index in [1.165, 1.54) is 0 Å². The highest BCUT2D eigenvalue weighted by atomic mass is 16.6. The maximum Gasteiger partial charge on any atom is 0.428 e. The van der Waals surface area contributed by atoms with Crippen LogP contribution < -0.4 is 4.90 Å². The van der Waals surface area contributed by atoms with E-state index in [0.717, 1.165) is 10.5 Å². The Morgan fingerprint density at radius 3 is 2.63 bits per heavy atom. The third-order valence-corrected chi connectivity index (χ3v) is 2.27. The van der Waals surface area contributed by atoms with E-state index < -0.39 is 11.7 Å². The van der Waals surface area contributed by atoms with E-state index in [4.69, 9.17) is 4.74 Å². The van der Waals surface area contributed by atoms with Gasteiger partial charge in [0.1, 0.15) is 5.60 Å². The van der Waals surface area contributed by atoms with Crippen LogP contribution in [-0.4, -0.2) is 11.7 Å². The van der Waals surface area contributed by atoms with E-state index in [9.17, 15) is 10.1 Å². The van der Waals surface area contributed by atoms with Gasteiger partial charge < -0.3 is 4.74 Å². The van der Waals surface area contributed by atoms with Crippen LogP contribution in [0.5, 0.6) is 0 Å². The summed E-state index contributed by atoms with van der Waals surface area (Å²) >= 11 is 0. The largest absolute Gasteiger partial charge is 0.443 e. The second-order valence-electron chi connectivity index (χ2n) is 5.04. The molecule has 0 heterocycles. The zero-order chi connectivity index (χ0) is 14.5. The molecular weight excluding hydrogens is 240 g/mol. The van der Waals surface area contributed by atoms with Crippen LogP contribution in [0.25, 0.3) is 0 Å². The van der Waals surface area contributed by atoms with Crippen LogP contribution in [0.1, 0.15) is 26.3 Å². The SMILES string of the molecule is C=CCc1ccccc1N(C#N)C(=O)OC(C)(C)C. The summed E-state index contributed by atoms with van der Waals surface area (Å²) in [5, 5.41) is 9.19. The molecule has 4 nitrogen and oxygen atoms in total. The number of carbonyl (C=O) groups excluding carboxylic acids is 1. The van der Waals surface area contributed by atoms with E-state index >= 15 is 0 Å². The molecule has 1 aromatic rings. The minimum absolute atomic E-state index is 0.527. The number of hydrogen-bond donors (Lipinski definition) is 0. The van der Waals surface area contributed by atoms with Crippen LogP contribution >= 0.6 is 0 Å². The number of hydrogen-bond acceptors (Lipinski definition) is 3. The summed E-state index contributed by atoms with van der Waals surface area (Å²) in [6.07, 6.45) is 3.50. The van der Waals surface area contributed by atoms with E-state index in [2.05, 4.69) is 6.58 Å². The van der Waals surface area contributed by atoms with Gasteiger partial charge in [0.05, 0.1) is 5.69 Å². The summed E-state index contributed by atoms with van der Waals surface area (Å²) in [6, 6.07) is 7.20. The molecule has 0 radical (unpaired) electrons. The Kier molecular flexibility index (Phi) is 4.71. The second-order valence-corrected chi connectivity index (χ2v) is 5.04. The monoisotopic (exact) mass is 258 g/mol. The molecule has 0 aromatic heterocycles. The lowest BCUT2D eigenvalue weighted by atomic mass is 10.1. The molecule has 0 unspecified atom stereocenters. The van der Waals surface area contributed by atoms with Crippen LogP contribution in [-0.2, 0) is 11.2 Å². The van der Waals surface area contributed by atoms with Crippen molar-refractivity contribution in [1.29, 1.82) is 5.26 Å². The molecule has 0 atom stereocenters. The third kappa shape index (κ3) is 4.14. The average molecular weight is 258 g/mol. The number of carbonyl (C=O) groups is 1. The Morgan fingerprint density at radius 1 is 1.47 bits per heavy atom. The van der Waals surface area contributed by atoms with Gasteiger partial charge in [0.2, 0.25) is 0 Å². The van der Waals surface area contributed by atoms with Crippen molar-refractivity contribution < 1.29 is 9.53 Å². The summed E-state index contributed by atoms with van der Waals surface area (Å²) in [5.74, 6) is 0. The molecule has 4 heteroatoms. The van der Waals surface area contributed by atoms with Gasteiger partial charge in [-0.3, -0.25) is 0 Å². The lowest BCUT2D eigenvalue weighted by Crippen LogP contribution is -2.34. The number of benzene rings is 1. The highest BCUT2D eigenvalue weighted by molar-refractivity contribution is 5.91. The van der Waals surface area contributed by atoms with Gasteiger partial charge in [-0.25, -0.2) is 4.79 Å². The van der Waals surface area contributed by atoms with Gasteiger partial charge in [0.15, 0.2) is 6.19 Å². The maximum atomic E-state index is 12.0. The van der Waals surface area contributed by atoms with Crippen molar-refractivity contribution in [3.8, 4) is 6.19 Å². The molecular formula is C15H18N2O2. The normalized spacial score (nSPS) is 10.4. The van der Waals surface area contributed by atoms with Crippen molar-refractivity contribution >= 4 is 11.8 Å². The van der Waals surface area contributed by atoms with E-state index in [0.29, 0.717) is 12.1 Å². The molecule has 1 amide bonds. The molecule has 0 bridgehead atoms. The number of nitriles is 1. The van der Waals surface area contributed by atoms with Crippen molar-refractivity contribution in [1.82, 2.24) is 0 Å². The minimum atomic E-state index is -0.675. The van der Waals surface area contributed by atoms with Crippen LogP contribution in [0.15, 0.2) is 36.9 Å². The number of allylic oxidation sites excluding steroid dienone is 1. The molecule has 1 rings (SSSR count). The predicted octanol–water partition coefficient (Wildman–Crippen LogP) is 3.64. The minimum Gasteiger partial charge on any atom is -0.443 e. The van der Waals surface area contributed by atoms with E-state index in [1.807, 2.05) is 18.3 Å². The average Bonchev–Trinajstić information content (AvgIpc) is 2.30. The summed E-state index contributed by atoms with van der Waals surface area (Å²) in [4.78, 5) is 13.0. The lowest BCUT2D eigenvalue weighted by molar-refractivity contribution is 0.0599. The first-order valence-corrected chi connectivity index (χ1v) is 6.00. The van der Waals surface area contributed by atoms with Gasteiger partial charge in [-0.2, -0.15) is 10.2 Å². The Morgan fingerprint density at radius 2 is 2.11 bits per heavy atom. The topological polar surface area (TPSA) is 53.3 Å². The molecule has 0 fully saturated rings. The Labute approximate surface area is 113 Å². The van der Waals surface area contributed by atoms with Gasteiger partial charge >= 0.3 is 6.09 Å². The van der Waals surface area contributed by atoms with Crippen LogP contribution in [0.2, 0.25) is 0 Å². The highest BCUT2D eigenvalue weighted by Crippen LogP contribution is 2.22. The zero-order valence-corrected chi connectivity index (χ0v) is 11.5. The molecule has 0 aliphatic carbocycles. The number of para-hydroxylation sites is 1. The van der Waals surface area contributed by atoms with Crippen molar-refractivity contribution in [2.45, 2.75) is 32.8 Å². The van der Waals surface area contributed by atoms with Gasteiger partial charge in [-0.05, 0) is 38.8 Å². The lowest BCUT2D eigenvalue weighted by Gasteiger charge is -2.23. The molecule has 0 N–H and O–H groups in total. The zero-order valence-electron chi connectivity index (χ0n) is 11.5. The number of nitrogens with zero attached hydrogens (tertiary/aromatic N) is 2. The molecule has 0 spiro atoms. The van der Waals surface area contributed by atoms with Crippen LogP contribution in [0, 0.1) is 11.5 Å². The predicted molar refractivity (Wildman–Crippen MR) is 74.7 cm³/mol. The van der Waals surface area contributed by atoms with Gasteiger partial charge in [0.25, 0.3) is 0 Å². The van der Waals surface area contributed by atoms with E-state index in [-0.39, 0.29) is 0 Å². The van der Waals surface area contributed by atoms with E-state index in [1.54, 1.807) is 39.0 Å². The van der Waals surface area contributed by atoms with Crippen LogP contribution in [0.4, 0.5) is 10.5 Å². The van der Waals surface area contributed by atoms with Crippen molar-refractivity contribution in [2.75, 3.05) is 4.90 Å². The fraction of sp³-hybridized carbons (Fsp3) is 0.333. The summed E-state index contributed by atoms with van der Waals surface area (Å²) < 4.78 is 5.22. The van der Waals surface area contributed by atoms with Crippen molar-refractivity contribution in [3.05, 3.63) is 42.5 Å².